The largest absolute Gasteiger partial charge is 0.506 e. The second kappa shape index (κ2) is 10.3. The van der Waals surface area contributed by atoms with E-state index in [4.69, 9.17) is 23.2 Å². The molecule has 2 N–H and O–H groups in total. The van der Waals surface area contributed by atoms with Gasteiger partial charge in [0, 0.05) is 42.8 Å². The Morgan fingerprint density at radius 1 is 1.04 bits per heavy atom. The Bertz CT molecular complexity index is 500. The summed E-state index contributed by atoms with van der Waals surface area (Å²) in [4.78, 5) is 2.49. The van der Waals surface area contributed by atoms with Gasteiger partial charge >= 0.3 is 0 Å². The molecule has 1 aromatic rings. The number of hydrogen-bond donors (Lipinski definition) is 2. The van der Waals surface area contributed by atoms with Gasteiger partial charge in [0.25, 0.3) is 0 Å². The molecule has 7 heteroatoms. The minimum Gasteiger partial charge on any atom is -0.506 e. The summed E-state index contributed by atoms with van der Waals surface area (Å²) < 4.78 is 0. The van der Waals surface area contributed by atoms with E-state index in [1.165, 1.54) is 32.1 Å². The van der Waals surface area contributed by atoms with Gasteiger partial charge in [-0.3, -0.25) is 4.90 Å². The quantitative estimate of drug-likeness (QED) is 0.723. The van der Waals surface area contributed by atoms with Gasteiger partial charge in [0.1, 0.15) is 5.75 Å². The standard InChI is InChI=1S/C17H24Cl2N2O.2ClH/c18-13-10-14(17(22)15(19)11-13)16(12-4-2-1-3-5-12)21-8-6-20-7-9-21;;/h10-12,16,20,22H,1-9H2;2*1H/t16-;;/m1../s1. The van der Waals surface area contributed by atoms with Crippen LogP contribution in [-0.4, -0.2) is 36.2 Å². The van der Waals surface area contributed by atoms with Crippen molar-refractivity contribution < 1.29 is 5.11 Å². The number of halogens is 4. The van der Waals surface area contributed by atoms with E-state index in [2.05, 4.69) is 10.2 Å². The molecule has 1 heterocycles. The fourth-order valence-electron chi connectivity index (χ4n) is 3.97. The summed E-state index contributed by atoms with van der Waals surface area (Å²) in [6.45, 7) is 4.01. The average molecular weight is 416 g/mol. The van der Waals surface area contributed by atoms with Gasteiger partial charge in [-0.15, -0.1) is 24.8 Å². The zero-order valence-corrected chi connectivity index (χ0v) is 16.8. The number of nitrogens with zero attached hydrogens (tertiary/aromatic N) is 1. The summed E-state index contributed by atoms with van der Waals surface area (Å²) in [7, 11) is 0. The number of piperazine rings is 1. The highest BCUT2D eigenvalue weighted by Gasteiger charge is 2.33. The highest BCUT2D eigenvalue weighted by atomic mass is 35.5. The first kappa shape index (κ1) is 22.1. The maximum absolute atomic E-state index is 10.5. The van der Waals surface area contributed by atoms with E-state index in [9.17, 15) is 5.11 Å². The van der Waals surface area contributed by atoms with Gasteiger partial charge in [-0.2, -0.15) is 0 Å². The summed E-state index contributed by atoms with van der Waals surface area (Å²) in [6, 6.07) is 3.75. The van der Waals surface area contributed by atoms with Gasteiger partial charge in [0.15, 0.2) is 0 Å². The minimum atomic E-state index is 0. The van der Waals surface area contributed by atoms with Gasteiger partial charge in [0.05, 0.1) is 5.02 Å². The highest BCUT2D eigenvalue weighted by Crippen LogP contribution is 2.44. The molecule has 138 valence electrons. The Morgan fingerprint density at radius 2 is 1.67 bits per heavy atom. The lowest BCUT2D eigenvalue weighted by Gasteiger charge is -2.41. The molecule has 3 rings (SSSR count). The SMILES string of the molecule is Cl.Cl.Oc1c(Cl)cc(Cl)cc1[C@@H](C1CCCCC1)N1CCNCC1. The number of benzene rings is 1. The lowest BCUT2D eigenvalue weighted by molar-refractivity contribution is 0.101. The molecule has 0 bridgehead atoms. The Hall–Kier alpha value is 0.1000. The molecular weight excluding hydrogens is 390 g/mol. The van der Waals surface area contributed by atoms with Crippen molar-refractivity contribution >= 4 is 48.0 Å². The van der Waals surface area contributed by atoms with Crippen LogP contribution >= 0.6 is 48.0 Å². The summed E-state index contributed by atoms with van der Waals surface area (Å²) >= 11 is 12.4. The third kappa shape index (κ3) is 5.06. The van der Waals surface area contributed by atoms with Gasteiger partial charge < -0.3 is 10.4 Å². The molecule has 0 spiro atoms. The van der Waals surface area contributed by atoms with Crippen molar-refractivity contribution in [3.05, 3.63) is 27.7 Å². The van der Waals surface area contributed by atoms with Gasteiger partial charge in [-0.25, -0.2) is 0 Å². The fourth-order valence-corrected chi connectivity index (χ4v) is 4.48. The Kier molecular flexibility index (Phi) is 9.50. The molecule has 0 unspecified atom stereocenters. The van der Waals surface area contributed by atoms with Crippen LogP contribution in [0.2, 0.25) is 10.0 Å². The predicted octanol–water partition coefficient (Wildman–Crippen LogP) is 5.07. The summed E-state index contributed by atoms with van der Waals surface area (Å²) in [5, 5.41) is 14.9. The smallest absolute Gasteiger partial charge is 0.139 e. The Morgan fingerprint density at radius 3 is 2.29 bits per heavy atom. The van der Waals surface area contributed by atoms with Crippen LogP contribution in [0.3, 0.4) is 0 Å². The third-order valence-corrected chi connectivity index (χ3v) is 5.52. The van der Waals surface area contributed by atoms with Crippen molar-refractivity contribution in [3.63, 3.8) is 0 Å². The molecular formula is C17H26Cl4N2O. The van der Waals surface area contributed by atoms with E-state index in [1.54, 1.807) is 6.07 Å². The number of nitrogens with one attached hydrogen (secondary N) is 1. The molecule has 2 aliphatic rings. The van der Waals surface area contributed by atoms with E-state index < -0.39 is 0 Å². The van der Waals surface area contributed by atoms with Crippen LogP contribution in [-0.2, 0) is 0 Å². The van der Waals surface area contributed by atoms with E-state index in [1.807, 2.05) is 6.07 Å². The van der Waals surface area contributed by atoms with Crippen molar-refractivity contribution in [1.29, 1.82) is 0 Å². The zero-order chi connectivity index (χ0) is 15.5. The van der Waals surface area contributed by atoms with Crippen molar-refractivity contribution in [3.8, 4) is 5.75 Å². The van der Waals surface area contributed by atoms with Crippen LogP contribution in [0.5, 0.6) is 5.75 Å². The zero-order valence-electron chi connectivity index (χ0n) is 13.6. The number of rotatable bonds is 3. The molecule has 0 amide bonds. The lowest BCUT2D eigenvalue weighted by atomic mass is 9.80. The molecule has 3 nitrogen and oxygen atoms in total. The monoisotopic (exact) mass is 414 g/mol. The van der Waals surface area contributed by atoms with Crippen LogP contribution < -0.4 is 5.32 Å². The van der Waals surface area contributed by atoms with Gasteiger partial charge in [0.2, 0.25) is 0 Å². The molecule has 0 aromatic heterocycles. The molecule has 1 atom stereocenters. The molecule has 1 saturated carbocycles. The molecule has 2 fully saturated rings. The number of phenols is 1. The highest BCUT2D eigenvalue weighted by molar-refractivity contribution is 6.35. The minimum absolute atomic E-state index is 0. The van der Waals surface area contributed by atoms with Crippen molar-refractivity contribution in [2.45, 2.75) is 38.1 Å². The van der Waals surface area contributed by atoms with Crippen molar-refractivity contribution in [1.82, 2.24) is 10.2 Å². The predicted molar refractivity (Wildman–Crippen MR) is 106 cm³/mol. The van der Waals surface area contributed by atoms with E-state index in [-0.39, 0.29) is 36.6 Å². The first-order chi connectivity index (χ1) is 10.7. The van der Waals surface area contributed by atoms with Crippen molar-refractivity contribution in [2.75, 3.05) is 26.2 Å². The molecule has 1 aliphatic heterocycles. The van der Waals surface area contributed by atoms with Crippen LogP contribution in [0.25, 0.3) is 0 Å². The van der Waals surface area contributed by atoms with Crippen molar-refractivity contribution in [2.24, 2.45) is 5.92 Å². The Balaban J connectivity index is 0.00000144. The lowest BCUT2D eigenvalue weighted by Crippen LogP contribution is -2.47. The first-order valence-corrected chi connectivity index (χ1v) is 9.05. The number of hydrogen-bond acceptors (Lipinski definition) is 3. The van der Waals surface area contributed by atoms with Crippen LogP contribution in [0.4, 0.5) is 0 Å². The van der Waals surface area contributed by atoms with E-state index in [0.717, 1.165) is 31.7 Å². The summed E-state index contributed by atoms with van der Waals surface area (Å²) in [6.07, 6.45) is 6.33. The van der Waals surface area contributed by atoms with Crippen LogP contribution in [0.15, 0.2) is 12.1 Å². The van der Waals surface area contributed by atoms with Gasteiger partial charge in [-0.1, -0.05) is 42.5 Å². The van der Waals surface area contributed by atoms with Gasteiger partial charge in [-0.05, 0) is 30.9 Å². The Labute approximate surface area is 166 Å². The number of phenolic OH excluding ortho intramolecular Hbond substituents is 1. The third-order valence-electron chi connectivity index (χ3n) is 5.02. The summed E-state index contributed by atoms with van der Waals surface area (Å²) in [5.74, 6) is 0.785. The van der Waals surface area contributed by atoms with Crippen LogP contribution in [0, 0.1) is 5.92 Å². The first-order valence-electron chi connectivity index (χ1n) is 8.29. The second-order valence-corrected chi connectivity index (χ2v) is 7.30. The topological polar surface area (TPSA) is 35.5 Å². The van der Waals surface area contributed by atoms with E-state index in [0.29, 0.717) is 16.0 Å². The normalized spacial score (nSPS) is 20.8. The molecule has 1 aliphatic carbocycles. The summed E-state index contributed by atoms with van der Waals surface area (Å²) in [5.41, 5.74) is 0.909. The average Bonchev–Trinajstić information content (AvgIpc) is 2.54. The molecule has 24 heavy (non-hydrogen) atoms. The molecule has 0 radical (unpaired) electrons. The second-order valence-electron chi connectivity index (χ2n) is 6.45. The van der Waals surface area contributed by atoms with Crippen LogP contribution in [0.1, 0.15) is 43.7 Å². The fraction of sp³-hybridized carbons (Fsp3) is 0.647. The molecule has 1 saturated heterocycles. The molecule has 1 aromatic carbocycles. The maximum Gasteiger partial charge on any atom is 0.139 e. The number of aromatic hydroxyl groups is 1. The van der Waals surface area contributed by atoms with E-state index >= 15 is 0 Å². The maximum atomic E-state index is 10.5.